The molecule has 0 aliphatic rings. The highest BCUT2D eigenvalue weighted by atomic mass is 35.5. The van der Waals surface area contributed by atoms with E-state index in [0.29, 0.717) is 96.1 Å². The van der Waals surface area contributed by atoms with E-state index in [1.165, 1.54) is 88.2 Å². The Kier molecular flexibility index (Phi) is 28.1. The normalized spacial score (nSPS) is 11.5. The molecule has 0 saturated heterocycles. The van der Waals surface area contributed by atoms with Crippen molar-refractivity contribution in [3.8, 4) is 89.9 Å². The van der Waals surface area contributed by atoms with Crippen LogP contribution >= 0.6 is 11.6 Å². The molecule has 20 aromatic rings. The first-order valence-electron chi connectivity index (χ1n) is 44.1. The molecule has 10 aromatic carbocycles. The number of aromatic nitrogens is 10. The minimum absolute atomic E-state index is 0.0387. The van der Waals surface area contributed by atoms with E-state index in [1.807, 2.05) is 58.0 Å². The van der Waals surface area contributed by atoms with Gasteiger partial charge in [-0.15, -0.1) is 0 Å². The number of aryl methyl sites for hydroxylation is 5. The third kappa shape index (κ3) is 21.0. The van der Waals surface area contributed by atoms with E-state index < -0.39 is 116 Å². The summed E-state index contributed by atoms with van der Waals surface area (Å²) in [7, 11) is 0. The van der Waals surface area contributed by atoms with Crippen LogP contribution in [0, 0.1) is 81.2 Å². The number of nitrogens with one attached hydrogen (secondary N) is 4. The lowest BCUT2D eigenvalue weighted by Gasteiger charge is -2.15. The second kappa shape index (κ2) is 41.1. The van der Waals surface area contributed by atoms with E-state index in [0.717, 1.165) is 76.9 Å². The minimum Gasteiger partial charge on any atom is -0.322 e. The second-order valence-corrected chi connectivity index (χ2v) is 33.7. The Bertz CT molecular complexity index is 8230. The zero-order chi connectivity index (χ0) is 104. The quantitative estimate of drug-likeness (QED) is 0.0672. The summed E-state index contributed by atoms with van der Waals surface area (Å²) in [6.07, 6.45) is -6.37. The summed E-state index contributed by atoms with van der Waals surface area (Å²) in [5.74, 6) is -11.3. The summed E-state index contributed by atoms with van der Waals surface area (Å²) in [4.78, 5) is 72.9. The molecule has 10 heterocycles. The first kappa shape index (κ1) is 99.8. The molecule has 36 heteroatoms. The Morgan fingerprint density at radius 2 is 0.719 bits per heavy atom. The number of anilines is 4. The Hall–Kier alpha value is -17.8. The van der Waals surface area contributed by atoms with Crippen molar-refractivity contribution in [1.82, 2.24) is 47.7 Å². The summed E-state index contributed by atoms with van der Waals surface area (Å²) < 4.78 is 243. The maximum atomic E-state index is 14.5. The number of rotatable bonds is 16. The second-order valence-electron chi connectivity index (χ2n) is 33.3. The van der Waals surface area contributed by atoms with E-state index in [1.54, 1.807) is 168 Å². The molecule has 0 radical (unpaired) electrons. The number of nitrogens with zero attached hydrogens (tertiary/aromatic N) is 10. The highest BCUT2D eigenvalue weighted by Gasteiger charge is 2.40. The molecule has 18 nitrogen and oxygen atoms in total. The number of pyridine rings is 6. The fourth-order valence-electron chi connectivity index (χ4n) is 16.2. The van der Waals surface area contributed by atoms with Gasteiger partial charge in [0.15, 0.2) is 46.5 Å². The lowest BCUT2D eigenvalue weighted by Crippen LogP contribution is -2.19. The van der Waals surface area contributed by atoms with Crippen LogP contribution in [-0.4, -0.2) is 71.4 Å². The van der Waals surface area contributed by atoms with Gasteiger partial charge in [-0.2, -0.15) is 44.6 Å². The Morgan fingerprint density at radius 3 is 1.22 bits per heavy atom. The van der Waals surface area contributed by atoms with Crippen molar-refractivity contribution < 1.29 is 93.8 Å². The van der Waals surface area contributed by atoms with Crippen LogP contribution in [0.3, 0.4) is 0 Å². The molecule has 0 saturated carbocycles. The van der Waals surface area contributed by atoms with Crippen LogP contribution in [-0.2, 0) is 18.5 Å². The number of fused-ring (bicyclic) bond motifs is 4. The first-order chi connectivity index (χ1) is 69.7. The van der Waals surface area contributed by atoms with Crippen LogP contribution in [0.25, 0.3) is 112 Å². The SMILES string of the molecule is Cc1ccc(NC(=O)c2cc(-c3cccc4c(-c5cccc(F)c5F)cnn34)cnc2C)cc1.Cc1ccc(NC(=O)c2cc(-c3cccc4c(-c5cccc(F)c5F)nc(Cl)n34)ccc2C(F)(F)F)cc1.Cc1ccc(NC(=O)c2cc(-c3cccc4c(-c5cccc(F)c5F)ncn34)ccc2C(F)(F)F)cc1.Cc1ccc(NC(=O)c2cc(-c3cccn4c(-c5cccc(F)c5F)cnc34)ncc2C(F)(F)F)cc1. The van der Waals surface area contributed by atoms with Gasteiger partial charge in [0.25, 0.3) is 23.6 Å². The highest BCUT2D eigenvalue weighted by Crippen LogP contribution is 2.43. The number of halogens is 18. The van der Waals surface area contributed by atoms with Gasteiger partial charge in [-0.05, 0) is 233 Å². The summed E-state index contributed by atoms with van der Waals surface area (Å²) in [6.45, 7) is 9.28. The molecule has 0 unspecified atom stereocenters. The Morgan fingerprint density at radius 1 is 0.315 bits per heavy atom. The third-order valence-corrected chi connectivity index (χ3v) is 23.7. The zero-order valence-electron chi connectivity index (χ0n) is 76.5. The van der Waals surface area contributed by atoms with Crippen molar-refractivity contribution >= 4 is 80.2 Å². The number of benzene rings is 10. The predicted molar refractivity (Wildman–Crippen MR) is 521 cm³/mol. The minimum atomic E-state index is -4.83. The number of carbonyl (C=O) groups excluding carboxylic acids is 4. The highest BCUT2D eigenvalue weighted by molar-refractivity contribution is 6.29. The van der Waals surface area contributed by atoms with Gasteiger partial charge < -0.3 is 21.3 Å². The van der Waals surface area contributed by atoms with E-state index >= 15 is 0 Å². The number of hydrogen-bond donors (Lipinski definition) is 4. The van der Waals surface area contributed by atoms with Crippen molar-refractivity contribution in [2.24, 2.45) is 0 Å². The van der Waals surface area contributed by atoms with Crippen LogP contribution < -0.4 is 21.3 Å². The van der Waals surface area contributed by atoms with E-state index in [2.05, 4.69) is 51.3 Å². The molecular formula is C110H72ClF17N14O4. The standard InChI is InChI=1S/C28H17ClF5N3O.C28H18F5N3O.C27H17F5N4O.C27H20F2N4O/c1-15-8-11-17(12-9-15)35-26(38)19-14-16(10-13-20(19)28(32,33)34)22-6-3-7-23-25(36-27(29)37(22)23)18-4-2-5-21(30)24(18)31;1-16-8-11-18(12-9-16)35-27(37)20-14-17(10-13-21(20)28(31,32)33)23-6-3-7-24-26(34-15-36(23)24)19-4-2-5-22(29)25(19)30;1-15-7-9-16(10-8-15)35-26(37)19-12-22(33-13-20(19)27(30,31)32)17-5-3-11-36-23(14-34-25(17)36)18-4-2-6-21(28)24(18)29;1-16-9-11-19(12-10-16)32-27(34)21-13-18(14-30-17(21)2)24-7-4-8-25-22(15-31-33(24)25)20-5-3-6-23(28)26(20)29/h2-14H,1H3,(H,35,38);2-15H,1H3,(H,35,37);2-14H,1H3,(H,35,37);3-15H,1-2H3,(H,32,34). The average molecular weight is 2010 g/mol. The third-order valence-electron chi connectivity index (χ3n) is 23.5. The van der Waals surface area contributed by atoms with Crippen LogP contribution in [0.1, 0.15) is 86.1 Å². The molecule has 0 spiro atoms. The van der Waals surface area contributed by atoms with Crippen LogP contribution in [0.4, 0.5) is 97.4 Å². The van der Waals surface area contributed by atoms with Gasteiger partial charge in [-0.3, -0.25) is 42.3 Å². The maximum absolute atomic E-state index is 14.5. The van der Waals surface area contributed by atoms with E-state index in [4.69, 9.17) is 11.6 Å². The van der Waals surface area contributed by atoms with Gasteiger partial charge in [-0.25, -0.2) is 54.6 Å². The molecule has 0 atom stereocenters. The van der Waals surface area contributed by atoms with Gasteiger partial charge in [0, 0.05) is 80.3 Å². The number of amides is 4. The van der Waals surface area contributed by atoms with Gasteiger partial charge >= 0.3 is 18.5 Å². The molecule has 4 N–H and O–H groups in total. The fraction of sp³-hybridized carbons (Fsp3) is 0.0727. The molecule has 732 valence electrons. The van der Waals surface area contributed by atoms with E-state index in [9.17, 15) is 93.8 Å². The smallest absolute Gasteiger partial charge is 0.322 e. The molecule has 0 aliphatic heterocycles. The fourth-order valence-corrected chi connectivity index (χ4v) is 16.4. The van der Waals surface area contributed by atoms with Crippen molar-refractivity contribution in [2.45, 2.75) is 53.1 Å². The molecule has 146 heavy (non-hydrogen) atoms. The van der Waals surface area contributed by atoms with Gasteiger partial charge in [0.05, 0.1) is 108 Å². The number of alkyl halides is 9. The van der Waals surface area contributed by atoms with Crippen LogP contribution in [0.2, 0.25) is 5.28 Å². The van der Waals surface area contributed by atoms with Gasteiger partial charge in [0.1, 0.15) is 17.7 Å². The molecule has 4 amide bonds. The van der Waals surface area contributed by atoms with Crippen molar-refractivity contribution in [2.75, 3.05) is 21.3 Å². The Balaban J connectivity index is 0.000000133. The summed E-state index contributed by atoms with van der Waals surface area (Å²) in [5.41, 5.74) is 6.72. The predicted octanol–water partition coefficient (Wildman–Crippen LogP) is 28.8. The molecular weight excluding hydrogens is 1940 g/mol. The van der Waals surface area contributed by atoms with Gasteiger partial charge in [0.2, 0.25) is 5.28 Å². The monoisotopic (exact) mass is 2010 g/mol. The molecule has 0 aliphatic carbocycles. The topological polar surface area (TPSA) is 211 Å². The van der Waals surface area contributed by atoms with E-state index in [-0.39, 0.29) is 67.4 Å². The van der Waals surface area contributed by atoms with Crippen molar-refractivity contribution in [3.05, 3.63) is 441 Å². The summed E-state index contributed by atoms with van der Waals surface area (Å²) in [5, 5.41) is 14.7. The van der Waals surface area contributed by atoms with Crippen molar-refractivity contribution in [3.63, 3.8) is 0 Å². The average Bonchev–Trinajstić information content (AvgIpc) is 1.60. The lowest BCUT2D eigenvalue weighted by atomic mass is 10.00. The molecule has 10 aromatic heterocycles. The largest absolute Gasteiger partial charge is 0.418 e. The first-order valence-corrected chi connectivity index (χ1v) is 44.4. The van der Waals surface area contributed by atoms with Crippen molar-refractivity contribution in [1.29, 1.82) is 0 Å². The summed E-state index contributed by atoms with van der Waals surface area (Å²) >= 11 is 6.38. The number of hydrogen-bond acceptors (Lipinski definition) is 10. The zero-order valence-corrected chi connectivity index (χ0v) is 77.3. The number of imidazole rings is 3. The maximum Gasteiger partial charge on any atom is 0.418 e. The molecule has 0 fully saturated rings. The number of carbonyl (C=O) groups is 4. The summed E-state index contributed by atoms with van der Waals surface area (Å²) in [6, 6.07) is 69.9. The molecule has 0 bridgehead atoms. The Labute approximate surface area is 822 Å². The van der Waals surface area contributed by atoms with Crippen LogP contribution in [0.15, 0.2) is 322 Å². The van der Waals surface area contributed by atoms with Gasteiger partial charge in [-0.1, -0.05) is 131 Å². The lowest BCUT2D eigenvalue weighted by molar-refractivity contribution is -0.138. The van der Waals surface area contributed by atoms with Crippen LogP contribution in [0.5, 0.6) is 0 Å². The molecule has 20 rings (SSSR count).